The molecule has 2 aromatic carbocycles. The lowest BCUT2D eigenvalue weighted by Gasteiger charge is -2.37. The van der Waals surface area contributed by atoms with Crippen molar-refractivity contribution in [3.63, 3.8) is 0 Å². The molecule has 1 heterocycles. The molecule has 220 valence electrons. The molecule has 1 unspecified atom stereocenters. The number of urea groups is 1. The minimum Gasteiger partial charge on any atom is -0.326 e. The molecule has 2 aromatic rings. The largest absolute Gasteiger partial charge is 0.452 e. The molecule has 2 aliphatic carbocycles. The maximum atomic E-state index is 14.6. The number of carbonyl (C=O) groups excluding carboxylic acids is 2. The normalized spacial score (nSPS) is 23.2. The van der Waals surface area contributed by atoms with Gasteiger partial charge in [-0.05, 0) is 49.8 Å². The summed E-state index contributed by atoms with van der Waals surface area (Å²) in [5.41, 5.74) is 4.68. The third kappa shape index (κ3) is 6.91. The molecule has 5 rings (SSSR count). The molecule has 0 aromatic heterocycles. The number of anilines is 2. The van der Waals surface area contributed by atoms with Crippen molar-refractivity contribution >= 4 is 34.7 Å². The van der Waals surface area contributed by atoms with Crippen LogP contribution in [0.15, 0.2) is 53.6 Å². The first-order valence-electron chi connectivity index (χ1n) is 16.3. The molecular formula is C35H49N4O2+. The van der Waals surface area contributed by atoms with Gasteiger partial charge < -0.3 is 5.32 Å². The summed E-state index contributed by atoms with van der Waals surface area (Å²) in [4.78, 5) is 27.1. The van der Waals surface area contributed by atoms with E-state index in [1.807, 2.05) is 50.2 Å². The summed E-state index contributed by atoms with van der Waals surface area (Å²) in [7, 11) is 0. The summed E-state index contributed by atoms with van der Waals surface area (Å²) >= 11 is 0. The van der Waals surface area contributed by atoms with E-state index in [0.29, 0.717) is 18.3 Å². The Morgan fingerprint density at radius 1 is 0.854 bits per heavy atom. The number of carbonyl (C=O) groups is 2. The second-order valence-electron chi connectivity index (χ2n) is 12.9. The molecule has 1 aliphatic heterocycles. The van der Waals surface area contributed by atoms with Gasteiger partial charge in [0.05, 0.1) is 5.69 Å². The molecule has 3 aliphatic rings. The smallest absolute Gasteiger partial charge is 0.326 e. The summed E-state index contributed by atoms with van der Waals surface area (Å²) in [5, 5.41) is 12.1. The third-order valence-electron chi connectivity index (χ3n) is 9.25. The van der Waals surface area contributed by atoms with Gasteiger partial charge in [0.2, 0.25) is 5.91 Å². The molecule has 3 amide bonds. The number of benzene rings is 2. The lowest BCUT2D eigenvalue weighted by atomic mass is 9.83. The lowest BCUT2D eigenvalue weighted by molar-refractivity contribution is -0.116. The Bertz CT molecular complexity index is 1200. The molecule has 0 bridgehead atoms. The fourth-order valence-corrected chi connectivity index (χ4v) is 7.11. The molecule has 41 heavy (non-hydrogen) atoms. The Hall–Kier alpha value is -2.99. The van der Waals surface area contributed by atoms with Crippen molar-refractivity contribution in [1.82, 2.24) is 4.59 Å². The maximum absolute atomic E-state index is 14.6. The van der Waals surface area contributed by atoms with Gasteiger partial charge in [-0.25, -0.2) is 4.79 Å². The van der Waals surface area contributed by atoms with E-state index in [0.717, 1.165) is 66.9 Å². The van der Waals surface area contributed by atoms with Crippen molar-refractivity contribution in [2.24, 2.45) is 16.9 Å². The van der Waals surface area contributed by atoms with Gasteiger partial charge in [0, 0.05) is 48.6 Å². The molecule has 0 radical (unpaired) electrons. The number of nitrogens with zero attached hydrogens (tertiary/aromatic N) is 2. The van der Waals surface area contributed by atoms with Crippen molar-refractivity contribution in [3.05, 3.63) is 54.1 Å². The van der Waals surface area contributed by atoms with Crippen LogP contribution in [0, 0.1) is 11.8 Å². The van der Waals surface area contributed by atoms with E-state index in [9.17, 15) is 9.59 Å². The SMILES string of the molecule is CC(C)CC(=O)Nc1ccc([N+]2(C3CCCCCCCCC3)N=C(C3CCCCC3)c3ccccc3NC2=O)cc1. The Labute approximate surface area is 246 Å². The van der Waals surface area contributed by atoms with Crippen LogP contribution >= 0.6 is 0 Å². The molecule has 2 fully saturated rings. The number of hydrogen-bond acceptors (Lipinski definition) is 3. The molecule has 0 spiro atoms. The third-order valence-corrected chi connectivity index (χ3v) is 9.25. The molecule has 0 saturated heterocycles. The first-order chi connectivity index (χ1) is 20.0. The van der Waals surface area contributed by atoms with Crippen LogP contribution in [0.3, 0.4) is 0 Å². The van der Waals surface area contributed by atoms with E-state index in [1.165, 1.54) is 51.4 Å². The van der Waals surface area contributed by atoms with E-state index in [1.54, 1.807) is 0 Å². The Balaban J connectivity index is 1.62. The van der Waals surface area contributed by atoms with E-state index in [2.05, 4.69) is 22.8 Å². The highest BCUT2D eigenvalue weighted by atomic mass is 16.2. The van der Waals surface area contributed by atoms with Crippen LogP contribution in [-0.4, -0.2) is 23.7 Å². The van der Waals surface area contributed by atoms with Gasteiger partial charge in [-0.15, -0.1) is 0 Å². The number of amides is 3. The number of nitrogens with one attached hydrogen (secondary N) is 2. The van der Waals surface area contributed by atoms with Crippen molar-refractivity contribution in [1.29, 1.82) is 0 Å². The van der Waals surface area contributed by atoms with Crippen LogP contribution in [0.4, 0.5) is 21.9 Å². The summed E-state index contributed by atoms with van der Waals surface area (Å²) < 4.78 is -0.0409. The summed E-state index contributed by atoms with van der Waals surface area (Å²) in [6.45, 7) is 4.10. The monoisotopic (exact) mass is 557 g/mol. The Kier molecular flexibility index (Phi) is 9.92. The first kappa shape index (κ1) is 29.5. The zero-order valence-corrected chi connectivity index (χ0v) is 25.2. The van der Waals surface area contributed by atoms with Gasteiger partial charge in [-0.3, -0.25) is 10.1 Å². The van der Waals surface area contributed by atoms with Crippen LogP contribution in [0.5, 0.6) is 0 Å². The van der Waals surface area contributed by atoms with Crippen LogP contribution in [0.1, 0.15) is 116 Å². The van der Waals surface area contributed by atoms with Crippen LogP contribution < -0.4 is 15.2 Å². The van der Waals surface area contributed by atoms with Crippen LogP contribution in [0.2, 0.25) is 0 Å². The Morgan fingerprint density at radius 3 is 2.10 bits per heavy atom. The zero-order chi connectivity index (χ0) is 28.7. The zero-order valence-electron chi connectivity index (χ0n) is 25.2. The van der Waals surface area contributed by atoms with Gasteiger partial charge in [-0.1, -0.05) is 93.1 Å². The second kappa shape index (κ2) is 13.8. The fourth-order valence-electron chi connectivity index (χ4n) is 7.11. The van der Waals surface area contributed by atoms with E-state index in [-0.39, 0.29) is 22.6 Å². The fraction of sp³-hybridized carbons (Fsp3) is 0.571. The van der Waals surface area contributed by atoms with Gasteiger partial charge in [0.25, 0.3) is 0 Å². The quantitative estimate of drug-likeness (QED) is 0.347. The van der Waals surface area contributed by atoms with Crippen LogP contribution in [0.25, 0.3) is 0 Å². The van der Waals surface area contributed by atoms with Crippen molar-refractivity contribution < 1.29 is 9.59 Å². The molecule has 6 nitrogen and oxygen atoms in total. The molecule has 2 saturated carbocycles. The minimum atomic E-state index is -0.0677. The number of hydrogen-bond donors (Lipinski definition) is 2. The summed E-state index contributed by atoms with van der Waals surface area (Å²) in [6.07, 6.45) is 16.8. The van der Waals surface area contributed by atoms with E-state index in [4.69, 9.17) is 5.10 Å². The van der Waals surface area contributed by atoms with Crippen molar-refractivity contribution in [2.75, 3.05) is 10.6 Å². The number of rotatable bonds is 6. The topological polar surface area (TPSA) is 70.6 Å². The highest BCUT2D eigenvalue weighted by Gasteiger charge is 2.50. The predicted octanol–water partition coefficient (Wildman–Crippen LogP) is 9.40. The van der Waals surface area contributed by atoms with E-state index < -0.39 is 0 Å². The predicted molar refractivity (Wildman–Crippen MR) is 170 cm³/mol. The average Bonchev–Trinajstić information content (AvgIpc) is 3.11. The first-order valence-corrected chi connectivity index (χ1v) is 16.3. The van der Waals surface area contributed by atoms with Crippen molar-refractivity contribution in [2.45, 2.75) is 116 Å². The maximum Gasteiger partial charge on any atom is 0.452 e. The molecule has 2 N–H and O–H groups in total. The average molecular weight is 558 g/mol. The number of quaternary nitrogens is 1. The highest BCUT2D eigenvalue weighted by Crippen LogP contribution is 2.40. The molecule has 1 atom stereocenters. The number of fused-ring (bicyclic) bond motifs is 1. The Morgan fingerprint density at radius 2 is 1.44 bits per heavy atom. The molecular weight excluding hydrogens is 508 g/mol. The molecule has 6 heteroatoms. The minimum absolute atomic E-state index is 0.0181. The highest BCUT2D eigenvalue weighted by molar-refractivity contribution is 6.13. The van der Waals surface area contributed by atoms with Gasteiger partial charge in [0.1, 0.15) is 11.8 Å². The summed E-state index contributed by atoms with van der Waals surface area (Å²) in [5.74, 6) is 0.666. The van der Waals surface area contributed by atoms with Gasteiger partial charge in [0.15, 0.2) is 5.69 Å². The van der Waals surface area contributed by atoms with Gasteiger partial charge in [-0.2, -0.15) is 0 Å². The van der Waals surface area contributed by atoms with Crippen LogP contribution in [-0.2, 0) is 4.79 Å². The number of para-hydroxylation sites is 1. The van der Waals surface area contributed by atoms with Gasteiger partial charge >= 0.3 is 6.03 Å². The van der Waals surface area contributed by atoms with Crippen molar-refractivity contribution in [3.8, 4) is 0 Å². The standard InChI is InChI=1S/C35H48N4O2/c1-26(2)25-33(40)36-28-21-23-30(24-22-28)39(29-17-11-6-4-3-5-7-12-18-29)35(41)37-32-20-14-13-19-31(32)34(38-39)27-15-9-8-10-16-27/h13-14,19-24,26-27,29H,3-12,15-18,25H2,1-2H3,(H-,36,37,38,40,41)/p+1. The lowest BCUT2D eigenvalue weighted by Crippen LogP contribution is -2.59. The van der Waals surface area contributed by atoms with E-state index >= 15 is 0 Å². The summed E-state index contributed by atoms with van der Waals surface area (Å²) in [6, 6.07) is 16.2. The second-order valence-corrected chi connectivity index (χ2v) is 12.9.